The number of aromatic nitrogens is 2. The molecular weight excluding hydrogens is 537 g/mol. The molecule has 1 saturated heterocycles. The largest absolute Gasteiger partial charge is 0.352 e. The first kappa shape index (κ1) is 26.2. The monoisotopic (exact) mass is 563 g/mol. The van der Waals surface area contributed by atoms with E-state index in [2.05, 4.69) is 20.5 Å². The predicted octanol–water partition coefficient (Wildman–Crippen LogP) is 6.80. The fourth-order valence-corrected chi connectivity index (χ4v) is 5.64. The number of pyridine rings is 1. The van der Waals surface area contributed by atoms with E-state index < -0.39 is 0 Å². The lowest BCUT2D eigenvalue weighted by Crippen LogP contribution is -2.33. The number of anilines is 1. The molecular formula is C29H27Cl2N5OS. The van der Waals surface area contributed by atoms with Crippen LogP contribution in [0.15, 0.2) is 79.1 Å². The van der Waals surface area contributed by atoms with Crippen LogP contribution in [0.5, 0.6) is 0 Å². The van der Waals surface area contributed by atoms with Crippen molar-refractivity contribution >= 4 is 52.1 Å². The van der Waals surface area contributed by atoms with Gasteiger partial charge in [0, 0.05) is 41.8 Å². The highest BCUT2D eigenvalue weighted by Gasteiger charge is 2.41. The summed E-state index contributed by atoms with van der Waals surface area (Å²) in [5, 5.41) is 8.18. The van der Waals surface area contributed by atoms with E-state index >= 15 is 0 Å². The van der Waals surface area contributed by atoms with E-state index in [1.165, 1.54) is 0 Å². The summed E-state index contributed by atoms with van der Waals surface area (Å²) in [5.41, 5.74) is 5.57. The molecule has 0 unspecified atom stereocenters. The molecule has 3 heterocycles. The second-order valence-corrected chi connectivity index (χ2v) is 10.6. The lowest BCUT2D eigenvalue weighted by molar-refractivity contribution is -0.116. The number of hydrogen-bond acceptors (Lipinski definition) is 3. The summed E-state index contributed by atoms with van der Waals surface area (Å²) in [6, 6.07) is 20.9. The van der Waals surface area contributed by atoms with E-state index in [-0.39, 0.29) is 24.4 Å². The van der Waals surface area contributed by atoms with Gasteiger partial charge >= 0.3 is 0 Å². The Morgan fingerprint density at radius 2 is 1.92 bits per heavy atom. The molecule has 0 radical (unpaired) electrons. The summed E-state index contributed by atoms with van der Waals surface area (Å²) in [5.74, 6) is -0.0716. The fraction of sp³-hybridized carbons (Fsp3) is 0.207. The van der Waals surface area contributed by atoms with Crippen molar-refractivity contribution in [3.63, 3.8) is 0 Å². The molecule has 1 amide bonds. The van der Waals surface area contributed by atoms with E-state index in [4.69, 9.17) is 35.4 Å². The van der Waals surface area contributed by atoms with Gasteiger partial charge in [0.15, 0.2) is 5.11 Å². The van der Waals surface area contributed by atoms with Crippen LogP contribution in [-0.4, -0.2) is 32.0 Å². The van der Waals surface area contributed by atoms with Crippen LogP contribution in [0.3, 0.4) is 0 Å². The SMILES string of the molecule is Cc1ccc(C)c(NC(=O)CCN2C(=S)N[C@@H](c3ccccn3)[C@@H]2c2cccn2-c2ccc(Cl)cc2Cl)c1. The van der Waals surface area contributed by atoms with Crippen molar-refractivity contribution in [2.24, 2.45) is 0 Å². The molecule has 1 aliphatic heterocycles. The Balaban J connectivity index is 1.46. The highest BCUT2D eigenvalue weighted by atomic mass is 35.5. The Morgan fingerprint density at radius 3 is 2.68 bits per heavy atom. The van der Waals surface area contributed by atoms with Crippen LogP contribution in [0.4, 0.5) is 5.69 Å². The lowest BCUT2D eigenvalue weighted by Gasteiger charge is -2.29. The van der Waals surface area contributed by atoms with Gasteiger partial charge in [0.25, 0.3) is 0 Å². The van der Waals surface area contributed by atoms with Gasteiger partial charge in [-0.05, 0) is 85.7 Å². The van der Waals surface area contributed by atoms with Gasteiger partial charge in [-0.25, -0.2) is 0 Å². The molecule has 0 spiro atoms. The molecule has 2 atom stereocenters. The smallest absolute Gasteiger partial charge is 0.226 e. The molecule has 2 N–H and O–H groups in total. The number of nitrogens with one attached hydrogen (secondary N) is 2. The van der Waals surface area contributed by atoms with Crippen LogP contribution in [0, 0.1) is 13.8 Å². The molecule has 0 aliphatic carbocycles. The molecule has 1 aliphatic rings. The number of amides is 1. The summed E-state index contributed by atoms with van der Waals surface area (Å²) < 4.78 is 2.04. The van der Waals surface area contributed by atoms with Crippen molar-refractivity contribution < 1.29 is 4.79 Å². The van der Waals surface area contributed by atoms with Gasteiger partial charge in [0.2, 0.25) is 5.91 Å². The molecule has 38 heavy (non-hydrogen) atoms. The van der Waals surface area contributed by atoms with Crippen molar-refractivity contribution in [2.45, 2.75) is 32.4 Å². The molecule has 9 heteroatoms. The Morgan fingerprint density at radius 1 is 1.08 bits per heavy atom. The minimum atomic E-state index is -0.229. The Hall–Kier alpha value is -3.39. The van der Waals surface area contributed by atoms with Crippen LogP contribution in [0.2, 0.25) is 10.0 Å². The van der Waals surface area contributed by atoms with Gasteiger partial charge in [-0.3, -0.25) is 9.78 Å². The van der Waals surface area contributed by atoms with Crippen LogP contribution < -0.4 is 10.6 Å². The number of carbonyl (C=O) groups is 1. The molecule has 6 nitrogen and oxygen atoms in total. The number of benzene rings is 2. The van der Waals surface area contributed by atoms with E-state index in [9.17, 15) is 4.79 Å². The van der Waals surface area contributed by atoms with Gasteiger partial charge in [-0.2, -0.15) is 0 Å². The standard InChI is InChI=1S/C29H27Cl2N5OS/c1-18-8-9-19(2)23(16-18)33-26(37)12-15-36-28(27(34-29(36)38)22-6-3-4-13-32-22)25-7-5-14-35(25)24-11-10-20(30)17-21(24)31/h3-11,13-14,16-17,27-28H,12,15H2,1-2H3,(H,33,37)(H,34,38)/t27-,28-/m0/s1. The van der Waals surface area contributed by atoms with Gasteiger partial charge in [-0.15, -0.1) is 0 Å². The molecule has 0 saturated carbocycles. The zero-order chi connectivity index (χ0) is 26.8. The van der Waals surface area contributed by atoms with Crippen LogP contribution >= 0.6 is 35.4 Å². The van der Waals surface area contributed by atoms with Crippen molar-refractivity contribution in [2.75, 3.05) is 11.9 Å². The summed E-state index contributed by atoms with van der Waals surface area (Å²) in [6.07, 6.45) is 4.00. The molecule has 4 aromatic rings. The van der Waals surface area contributed by atoms with Gasteiger partial charge in [-0.1, -0.05) is 41.4 Å². The lowest BCUT2D eigenvalue weighted by atomic mass is 10.0. The number of thiocarbonyl (C=S) groups is 1. The molecule has 1 fully saturated rings. The topological polar surface area (TPSA) is 62.2 Å². The average Bonchev–Trinajstić information content (AvgIpc) is 3.49. The molecule has 0 bridgehead atoms. The van der Waals surface area contributed by atoms with Crippen LogP contribution in [-0.2, 0) is 4.79 Å². The normalized spacial score (nSPS) is 16.9. The van der Waals surface area contributed by atoms with E-state index in [1.807, 2.05) is 85.3 Å². The summed E-state index contributed by atoms with van der Waals surface area (Å²) in [4.78, 5) is 19.7. The van der Waals surface area contributed by atoms with Gasteiger partial charge < -0.3 is 20.1 Å². The maximum absolute atomic E-state index is 13.0. The van der Waals surface area contributed by atoms with E-state index in [0.29, 0.717) is 21.7 Å². The minimum absolute atomic E-state index is 0.0716. The maximum atomic E-state index is 13.0. The molecule has 2 aromatic carbocycles. The van der Waals surface area contributed by atoms with Crippen molar-refractivity contribution in [1.82, 2.24) is 19.8 Å². The van der Waals surface area contributed by atoms with Gasteiger partial charge in [0.05, 0.1) is 28.5 Å². The second-order valence-electron chi connectivity index (χ2n) is 9.34. The third kappa shape index (κ3) is 5.41. The maximum Gasteiger partial charge on any atom is 0.226 e. The minimum Gasteiger partial charge on any atom is -0.352 e. The highest BCUT2D eigenvalue weighted by molar-refractivity contribution is 7.80. The number of rotatable bonds is 7. The summed E-state index contributed by atoms with van der Waals surface area (Å²) in [7, 11) is 0. The number of carbonyl (C=O) groups excluding carboxylic acids is 1. The Labute approximate surface area is 237 Å². The first-order valence-electron chi connectivity index (χ1n) is 12.3. The fourth-order valence-electron chi connectivity index (χ4n) is 4.80. The van der Waals surface area contributed by atoms with Gasteiger partial charge in [0.1, 0.15) is 0 Å². The highest BCUT2D eigenvalue weighted by Crippen LogP contribution is 2.40. The van der Waals surface area contributed by atoms with Crippen LogP contribution in [0.25, 0.3) is 5.69 Å². The zero-order valence-corrected chi connectivity index (χ0v) is 23.3. The Kier molecular flexibility index (Phi) is 7.70. The van der Waals surface area contributed by atoms with Crippen molar-refractivity contribution in [3.8, 4) is 5.69 Å². The van der Waals surface area contributed by atoms with Crippen LogP contribution in [0.1, 0.15) is 41.0 Å². The average molecular weight is 565 g/mol. The third-order valence-corrected chi connectivity index (χ3v) is 7.59. The molecule has 194 valence electrons. The van der Waals surface area contributed by atoms with E-state index in [1.54, 1.807) is 12.3 Å². The van der Waals surface area contributed by atoms with Crippen molar-refractivity contribution in [1.29, 1.82) is 0 Å². The summed E-state index contributed by atoms with van der Waals surface area (Å²) >= 11 is 18.6. The second kappa shape index (κ2) is 11.2. The predicted molar refractivity (Wildman–Crippen MR) is 157 cm³/mol. The number of nitrogens with zero attached hydrogens (tertiary/aromatic N) is 3. The van der Waals surface area contributed by atoms with Crippen molar-refractivity contribution in [3.05, 3.63) is 112 Å². The first-order chi connectivity index (χ1) is 18.3. The van der Waals surface area contributed by atoms with E-state index in [0.717, 1.165) is 33.9 Å². The first-order valence-corrected chi connectivity index (χ1v) is 13.5. The number of hydrogen-bond donors (Lipinski definition) is 2. The Bertz CT molecular complexity index is 1490. The third-order valence-electron chi connectivity index (χ3n) is 6.70. The number of halogens is 2. The number of aryl methyl sites for hydroxylation is 2. The zero-order valence-electron chi connectivity index (χ0n) is 21.0. The molecule has 5 rings (SSSR count). The molecule has 2 aromatic heterocycles. The quantitative estimate of drug-likeness (QED) is 0.242. The summed E-state index contributed by atoms with van der Waals surface area (Å²) in [6.45, 7) is 4.42.